The zero-order valence-electron chi connectivity index (χ0n) is 11.6. The van der Waals surface area contributed by atoms with E-state index in [0.29, 0.717) is 5.82 Å². The van der Waals surface area contributed by atoms with Crippen LogP contribution in [0.5, 0.6) is 0 Å². The molecule has 0 spiro atoms. The van der Waals surface area contributed by atoms with Crippen LogP contribution in [0.1, 0.15) is 20.8 Å². The lowest BCUT2D eigenvalue weighted by Crippen LogP contribution is -2.41. The lowest BCUT2D eigenvalue weighted by atomic mass is 10.2. The first-order valence-corrected chi connectivity index (χ1v) is 6.84. The maximum absolute atomic E-state index is 11.9. The molecule has 0 saturated carbocycles. The minimum Gasteiger partial charge on any atom is -0.358 e. The van der Waals surface area contributed by atoms with E-state index in [2.05, 4.69) is 20.6 Å². The Morgan fingerprint density at radius 1 is 1.20 bits per heavy atom. The molecule has 0 fully saturated rings. The zero-order valence-corrected chi connectivity index (χ0v) is 12.4. The molecule has 2 N–H and O–H groups in total. The van der Waals surface area contributed by atoms with Crippen LogP contribution in [0.25, 0.3) is 10.9 Å². The number of fused-ring (bicyclic) bond motifs is 1. The molecular weight excluding hydrogens is 276 g/mol. The zero-order chi connectivity index (χ0) is 14.7. The summed E-state index contributed by atoms with van der Waals surface area (Å²) in [7, 11) is 0. The predicted octanol–water partition coefficient (Wildman–Crippen LogP) is 2.61. The summed E-state index contributed by atoms with van der Waals surface area (Å²) in [6, 6.07) is 7.20. The van der Waals surface area contributed by atoms with E-state index < -0.39 is 6.04 Å². The molecular formula is C14H17ClN4O. The van der Waals surface area contributed by atoms with Crippen molar-refractivity contribution < 1.29 is 4.79 Å². The molecule has 0 aliphatic heterocycles. The first-order chi connectivity index (χ1) is 9.47. The third-order valence-electron chi connectivity index (χ3n) is 2.75. The molecule has 20 heavy (non-hydrogen) atoms. The van der Waals surface area contributed by atoms with Gasteiger partial charge in [-0.2, -0.15) is 0 Å². The summed E-state index contributed by atoms with van der Waals surface area (Å²) in [5.41, 5.74) is 0.742. The fourth-order valence-electron chi connectivity index (χ4n) is 1.84. The topological polar surface area (TPSA) is 66.9 Å². The van der Waals surface area contributed by atoms with Crippen LogP contribution in [-0.2, 0) is 4.79 Å². The van der Waals surface area contributed by atoms with Crippen LogP contribution >= 0.6 is 11.6 Å². The molecule has 5 nitrogen and oxygen atoms in total. The summed E-state index contributed by atoms with van der Waals surface area (Å²) < 4.78 is 0. The normalized spacial score (nSPS) is 12.4. The molecule has 106 valence electrons. The number of nitrogens with one attached hydrogen (secondary N) is 2. The number of anilines is 1. The lowest BCUT2D eigenvalue weighted by molar-refractivity contribution is -0.122. The lowest BCUT2D eigenvalue weighted by Gasteiger charge is -2.17. The monoisotopic (exact) mass is 292 g/mol. The van der Waals surface area contributed by atoms with Crippen LogP contribution < -0.4 is 10.6 Å². The smallest absolute Gasteiger partial charge is 0.242 e. The van der Waals surface area contributed by atoms with Crippen molar-refractivity contribution in [3.05, 3.63) is 29.5 Å². The fraction of sp³-hybridized carbons (Fsp3) is 0.357. The van der Waals surface area contributed by atoms with Gasteiger partial charge in [0.05, 0.1) is 5.52 Å². The van der Waals surface area contributed by atoms with Gasteiger partial charge in [-0.3, -0.25) is 4.79 Å². The number of aromatic nitrogens is 2. The molecule has 2 aromatic rings. The highest BCUT2D eigenvalue weighted by atomic mass is 35.5. The Hall–Kier alpha value is -1.88. The number of rotatable bonds is 4. The van der Waals surface area contributed by atoms with Gasteiger partial charge in [0.1, 0.15) is 11.9 Å². The maximum Gasteiger partial charge on any atom is 0.242 e. The first-order valence-electron chi connectivity index (χ1n) is 6.46. The van der Waals surface area contributed by atoms with Gasteiger partial charge in [-0.25, -0.2) is 9.97 Å². The third-order valence-corrected chi connectivity index (χ3v) is 2.92. The number of carbonyl (C=O) groups is 1. The van der Waals surface area contributed by atoms with Crippen LogP contribution in [0.15, 0.2) is 24.3 Å². The molecule has 6 heteroatoms. The van der Waals surface area contributed by atoms with Gasteiger partial charge in [-0.15, -0.1) is 0 Å². The molecule has 0 radical (unpaired) electrons. The van der Waals surface area contributed by atoms with E-state index in [-0.39, 0.29) is 17.2 Å². The Bertz CT molecular complexity index is 630. The third kappa shape index (κ3) is 3.36. The van der Waals surface area contributed by atoms with Gasteiger partial charge in [0.15, 0.2) is 0 Å². The van der Waals surface area contributed by atoms with Gasteiger partial charge < -0.3 is 10.6 Å². The quantitative estimate of drug-likeness (QED) is 0.850. The fourth-order valence-corrected chi connectivity index (χ4v) is 2.01. The highest BCUT2D eigenvalue weighted by Crippen LogP contribution is 2.22. The van der Waals surface area contributed by atoms with Gasteiger partial charge >= 0.3 is 0 Å². The number of hydrogen-bond acceptors (Lipinski definition) is 4. The second kappa shape index (κ2) is 6.05. The Balaban J connectivity index is 2.27. The summed E-state index contributed by atoms with van der Waals surface area (Å²) in [6.07, 6.45) is 0. The number of halogens is 1. The first kappa shape index (κ1) is 14.5. The van der Waals surface area contributed by atoms with Crippen molar-refractivity contribution in [2.45, 2.75) is 32.9 Å². The van der Waals surface area contributed by atoms with Crippen molar-refractivity contribution in [3.8, 4) is 0 Å². The number of para-hydroxylation sites is 1. The van der Waals surface area contributed by atoms with E-state index >= 15 is 0 Å². The van der Waals surface area contributed by atoms with Gasteiger partial charge in [0.25, 0.3) is 0 Å². The van der Waals surface area contributed by atoms with Gasteiger partial charge in [0.2, 0.25) is 11.2 Å². The second-order valence-corrected chi connectivity index (χ2v) is 5.23. The molecule has 0 aliphatic rings. The predicted molar refractivity (Wildman–Crippen MR) is 80.9 cm³/mol. The van der Waals surface area contributed by atoms with E-state index in [1.165, 1.54) is 0 Å². The van der Waals surface area contributed by atoms with Crippen LogP contribution in [0.3, 0.4) is 0 Å². The average Bonchev–Trinajstić information content (AvgIpc) is 2.37. The summed E-state index contributed by atoms with van der Waals surface area (Å²) in [5, 5.41) is 6.92. The van der Waals surface area contributed by atoms with Gasteiger partial charge in [-0.1, -0.05) is 12.1 Å². The highest BCUT2D eigenvalue weighted by Gasteiger charge is 2.16. The molecule has 1 heterocycles. The van der Waals surface area contributed by atoms with Crippen LogP contribution in [0, 0.1) is 0 Å². The molecule has 1 aromatic carbocycles. The number of hydrogen-bond donors (Lipinski definition) is 2. The number of nitrogens with zero attached hydrogens (tertiary/aromatic N) is 2. The standard InChI is InChI=1S/C14H17ClN4O/c1-8(2)16-13(20)9(3)17-12-10-6-4-5-7-11(10)18-14(15)19-12/h4-9H,1-3H3,(H,16,20)(H,17,18,19). The minimum absolute atomic E-state index is 0.0844. The second-order valence-electron chi connectivity index (χ2n) is 4.89. The van der Waals surface area contributed by atoms with Crippen LogP contribution in [0.4, 0.5) is 5.82 Å². The number of amides is 1. The summed E-state index contributed by atoms with van der Waals surface area (Å²) >= 11 is 5.91. The molecule has 2 rings (SSSR count). The van der Waals surface area contributed by atoms with E-state index in [1.807, 2.05) is 38.1 Å². The van der Waals surface area contributed by atoms with E-state index in [9.17, 15) is 4.79 Å². The molecule has 0 saturated heterocycles. The molecule has 0 aliphatic carbocycles. The summed E-state index contributed by atoms with van der Waals surface area (Å²) in [5.74, 6) is 0.478. The molecule has 1 amide bonds. The maximum atomic E-state index is 11.9. The largest absolute Gasteiger partial charge is 0.358 e. The van der Waals surface area contributed by atoms with Gasteiger partial charge in [0, 0.05) is 11.4 Å². The molecule has 0 bridgehead atoms. The van der Waals surface area contributed by atoms with Crippen molar-refractivity contribution >= 4 is 34.2 Å². The van der Waals surface area contributed by atoms with Crippen molar-refractivity contribution in [2.75, 3.05) is 5.32 Å². The molecule has 1 aromatic heterocycles. The Morgan fingerprint density at radius 3 is 2.60 bits per heavy atom. The van der Waals surface area contributed by atoms with Crippen molar-refractivity contribution in [3.63, 3.8) is 0 Å². The van der Waals surface area contributed by atoms with E-state index in [1.54, 1.807) is 6.92 Å². The Labute approximate surface area is 122 Å². The van der Waals surface area contributed by atoms with E-state index in [4.69, 9.17) is 11.6 Å². The van der Waals surface area contributed by atoms with Crippen LogP contribution in [0.2, 0.25) is 5.28 Å². The van der Waals surface area contributed by atoms with Crippen molar-refractivity contribution in [1.82, 2.24) is 15.3 Å². The summed E-state index contributed by atoms with van der Waals surface area (Å²) in [4.78, 5) is 20.2. The number of benzene rings is 1. The Kier molecular flexibility index (Phi) is 4.39. The SMILES string of the molecule is CC(C)NC(=O)C(C)Nc1nc(Cl)nc2ccccc12. The Morgan fingerprint density at radius 2 is 1.90 bits per heavy atom. The molecule has 1 unspecified atom stereocenters. The van der Waals surface area contributed by atoms with Crippen LogP contribution in [-0.4, -0.2) is 28.0 Å². The molecule has 1 atom stereocenters. The van der Waals surface area contributed by atoms with Crippen molar-refractivity contribution in [2.24, 2.45) is 0 Å². The highest BCUT2D eigenvalue weighted by molar-refractivity contribution is 6.28. The minimum atomic E-state index is -0.410. The summed E-state index contributed by atoms with van der Waals surface area (Å²) in [6.45, 7) is 5.62. The van der Waals surface area contributed by atoms with Crippen molar-refractivity contribution in [1.29, 1.82) is 0 Å². The number of carbonyl (C=O) groups excluding carboxylic acids is 1. The van der Waals surface area contributed by atoms with Gasteiger partial charge in [-0.05, 0) is 44.5 Å². The van der Waals surface area contributed by atoms with E-state index in [0.717, 1.165) is 10.9 Å². The average molecular weight is 293 g/mol.